The van der Waals surface area contributed by atoms with Crippen molar-refractivity contribution >= 4 is 8.32 Å². The summed E-state index contributed by atoms with van der Waals surface area (Å²) in [5.74, 6) is 2.01. The second-order valence-corrected chi connectivity index (χ2v) is 12.1. The van der Waals surface area contributed by atoms with Gasteiger partial charge < -0.3 is 4.43 Å². The third kappa shape index (κ3) is 4.89. The summed E-state index contributed by atoms with van der Waals surface area (Å²) in [5, 5.41) is 0.323. The molecule has 1 rings (SSSR count). The van der Waals surface area contributed by atoms with Gasteiger partial charge in [0.05, 0.1) is 6.61 Å². The van der Waals surface area contributed by atoms with Gasteiger partial charge in [0.25, 0.3) is 0 Å². The average molecular weight is 269 g/mol. The van der Waals surface area contributed by atoms with Gasteiger partial charge in [-0.2, -0.15) is 0 Å². The van der Waals surface area contributed by atoms with E-state index in [0.717, 1.165) is 18.4 Å². The molecule has 0 amide bonds. The van der Waals surface area contributed by atoms with E-state index in [1.807, 2.05) is 0 Å². The van der Waals surface area contributed by atoms with E-state index in [1.165, 1.54) is 25.7 Å². The van der Waals surface area contributed by atoms with Crippen molar-refractivity contribution in [3.05, 3.63) is 12.2 Å². The maximum absolute atomic E-state index is 6.12. The van der Waals surface area contributed by atoms with Crippen molar-refractivity contribution in [2.24, 2.45) is 11.8 Å². The Morgan fingerprint density at radius 3 is 2.39 bits per heavy atom. The van der Waals surface area contributed by atoms with E-state index in [9.17, 15) is 0 Å². The summed E-state index contributed by atoms with van der Waals surface area (Å²) < 4.78 is 6.12. The summed E-state index contributed by atoms with van der Waals surface area (Å²) in [7, 11) is -1.54. The zero-order valence-electron chi connectivity index (χ0n) is 13.3. The van der Waals surface area contributed by atoms with Crippen molar-refractivity contribution in [2.45, 2.75) is 71.5 Å². The Hall–Kier alpha value is -0.0831. The molecule has 1 saturated carbocycles. The first-order valence-electron chi connectivity index (χ1n) is 7.57. The molecule has 1 fully saturated rings. The molecule has 2 unspecified atom stereocenters. The highest BCUT2D eigenvalue weighted by molar-refractivity contribution is 6.74. The molecule has 0 radical (unpaired) electrons. The molecule has 18 heavy (non-hydrogen) atoms. The molecular weight excluding hydrogens is 236 g/mol. The fourth-order valence-electron chi connectivity index (χ4n) is 2.14. The quantitative estimate of drug-likeness (QED) is 0.444. The number of rotatable bonds is 7. The normalized spacial score (nSPS) is 24.8. The highest BCUT2D eigenvalue weighted by Gasteiger charge is 2.37. The van der Waals surface area contributed by atoms with E-state index >= 15 is 0 Å². The minimum absolute atomic E-state index is 0.323. The van der Waals surface area contributed by atoms with E-state index in [4.69, 9.17) is 4.43 Å². The largest absolute Gasteiger partial charge is 0.413 e. The van der Waals surface area contributed by atoms with Crippen LogP contribution in [0.3, 0.4) is 0 Å². The molecule has 0 heterocycles. The van der Waals surface area contributed by atoms with Crippen LogP contribution in [0.2, 0.25) is 18.1 Å². The van der Waals surface area contributed by atoms with Crippen LogP contribution >= 0.6 is 0 Å². The molecule has 0 bridgehead atoms. The van der Waals surface area contributed by atoms with Gasteiger partial charge in [0, 0.05) is 0 Å². The molecule has 2 atom stereocenters. The maximum Gasteiger partial charge on any atom is 0.192 e. The van der Waals surface area contributed by atoms with Gasteiger partial charge in [0.2, 0.25) is 0 Å². The van der Waals surface area contributed by atoms with Crippen molar-refractivity contribution in [1.82, 2.24) is 0 Å². The Morgan fingerprint density at radius 1 is 1.17 bits per heavy atom. The van der Waals surface area contributed by atoms with Crippen molar-refractivity contribution < 1.29 is 4.43 Å². The van der Waals surface area contributed by atoms with Crippen LogP contribution in [-0.2, 0) is 4.43 Å². The predicted molar refractivity (Wildman–Crippen MR) is 83.4 cm³/mol. The fraction of sp³-hybridized carbons (Fsp3) is 0.875. The summed E-state index contributed by atoms with van der Waals surface area (Å²) in [6.07, 6.45) is 10.1. The smallest absolute Gasteiger partial charge is 0.192 e. The summed E-state index contributed by atoms with van der Waals surface area (Å²) in [6.45, 7) is 14.6. The lowest BCUT2D eigenvalue weighted by molar-refractivity contribution is 0.327. The van der Waals surface area contributed by atoms with E-state index in [-0.39, 0.29) is 0 Å². The van der Waals surface area contributed by atoms with Crippen LogP contribution in [0.4, 0.5) is 0 Å². The summed E-state index contributed by atoms with van der Waals surface area (Å²) >= 11 is 0. The van der Waals surface area contributed by atoms with Gasteiger partial charge in [0.15, 0.2) is 8.32 Å². The lowest BCUT2D eigenvalue weighted by atomic mass is 10.1. The molecule has 0 aromatic rings. The topological polar surface area (TPSA) is 9.23 Å². The van der Waals surface area contributed by atoms with Crippen LogP contribution in [0, 0.1) is 11.8 Å². The van der Waals surface area contributed by atoms with Gasteiger partial charge in [-0.1, -0.05) is 52.7 Å². The second kappa shape index (κ2) is 6.38. The monoisotopic (exact) mass is 268 g/mol. The van der Waals surface area contributed by atoms with Crippen molar-refractivity contribution in [2.75, 3.05) is 6.61 Å². The minimum Gasteiger partial charge on any atom is -0.413 e. The van der Waals surface area contributed by atoms with Crippen LogP contribution in [0.25, 0.3) is 0 Å². The molecule has 0 spiro atoms. The number of hydrogen-bond acceptors (Lipinski definition) is 1. The summed E-state index contributed by atoms with van der Waals surface area (Å²) in [5.41, 5.74) is 0. The second-order valence-electron chi connectivity index (χ2n) is 7.32. The standard InChI is InChI=1S/C16H32OSi/c1-7-10-14-13-15(14)11-8-9-12-17-18(5,6)16(2,3)4/h8-9,14-15H,7,10-13H2,1-6H3/b9-8+. The van der Waals surface area contributed by atoms with Gasteiger partial charge in [-0.15, -0.1) is 0 Å². The Morgan fingerprint density at radius 2 is 1.83 bits per heavy atom. The third-order valence-electron chi connectivity index (χ3n) is 4.68. The van der Waals surface area contributed by atoms with E-state index in [2.05, 4.69) is 52.9 Å². The molecule has 0 saturated heterocycles. The molecule has 1 aliphatic carbocycles. The maximum atomic E-state index is 6.12. The summed E-state index contributed by atoms with van der Waals surface area (Å²) in [4.78, 5) is 0. The molecule has 0 aliphatic heterocycles. The van der Waals surface area contributed by atoms with Crippen LogP contribution < -0.4 is 0 Å². The Bertz CT molecular complexity index is 275. The summed E-state index contributed by atoms with van der Waals surface area (Å²) in [6, 6.07) is 0. The molecule has 106 valence electrons. The molecule has 0 N–H and O–H groups in total. The molecule has 1 nitrogen and oxygen atoms in total. The van der Waals surface area contributed by atoms with Crippen molar-refractivity contribution in [3.63, 3.8) is 0 Å². The van der Waals surface area contributed by atoms with Gasteiger partial charge in [-0.05, 0) is 42.8 Å². The number of allylic oxidation sites excluding steroid dienone is 1. The highest BCUT2D eigenvalue weighted by Crippen LogP contribution is 2.44. The zero-order valence-corrected chi connectivity index (χ0v) is 14.3. The van der Waals surface area contributed by atoms with Crippen molar-refractivity contribution in [3.8, 4) is 0 Å². The Balaban J connectivity index is 2.15. The van der Waals surface area contributed by atoms with Gasteiger partial charge in [-0.25, -0.2) is 0 Å². The molecule has 0 aromatic heterocycles. The van der Waals surface area contributed by atoms with Crippen LogP contribution in [0.5, 0.6) is 0 Å². The lowest BCUT2D eigenvalue weighted by Gasteiger charge is -2.35. The van der Waals surface area contributed by atoms with Crippen LogP contribution in [0.1, 0.15) is 53.4 Å². The fourth-order valence-corrected chi connectivity index (χ4v) is 3.08. The SMILES string of the molecule is CCCC1CC1C/C=C/CO[Si](C)(C)C(C)(C)C. The third-order valence-corrected chi connectivity index (χ3v) is 9.18. The van der Waals surface area contributed by atoms with Crippen LogP contribution in [0.15, 0.2) is 12.2 Å². The average Bonchev–Trinajstić information content (AvgIpc) is 2.95. The first-order valence-corrected chi connectivity index (χ1v) is 10.5. The first-order chi connectivity index (χ1) is 8.28. The Labute approximate surface area is 115 Å². The first kappa shape index (κ1) is 16.0. The highest BCUT2D eigenvalue weighted by atomic mass is 28.4. The van der Waals surface area contributed by atoms with Crippen molar-refractivity contribution in [1.29, 1.82) is 0 Å². The number of hydrogen-bond donors (Lipinski definition) is 0. The molecule has 1 aliphatic rings. The van der Waals surface area contributed by atoms with Gasteiger partial charge in [0.1, 0.15) is 0 Å². The van der Waals surface area contributed by atoms with Gasteiger partial charge >= 0.3 is 0 Å². The van der Waals surface area contributed by atoms with E-state index < -0.39 is 8.32 Å². The van der Waals surface area contributed by atoms with E-state index in [1.54, 1.807) is 0 Å². The molecule has 2 heteroatoms. The van der Waals surface area contributed by atoms with E-state index in [0.29, 0.717) is 5.04 Å². The van der Waals surface area contributed by atoms with Gasteiger partial charge in [-0.3, -0.25) is 0 Å². The predicted octanol–water partition coefficient (Wildman–Crippen LogP) is 5.39. The lowest BCUT2D eigenvalue weighted by Crippen LogP contribution is -2.40. The van der Waals surface area contributed by atoms with Crippen LogP contribution in [-0.4, -0.2) is 14.9 Å². The Kier molecular flexibility index (Phi) is 5.66. The minimum atomic E-state index is -1.54. The molecular formula is C16H32OSi. The molecule has 0 aromatic carbocycles. The zero-order chi connectivity index (χ0) is 13.8.